The fourth-order valence-corrected chi connectivity index (χ4v) is 4.13. The number of likely N-dealkylation sites (tertiary alicyclic amines) is 1. The first kappa shape index (κ1) is 15.5. The Balaban J connectivity index is 1.42. The number of rotatable bonds is 4. The van der Waals surface area contributed by atoms with Crippen LogP contribution in [0.25, 0.3) is 0 Å². The van der Waals surface area contributed by atoms with Gasteiger partial charge >= 0.3 is 0 Å². The molecule has 2 aliphatic carbocycles. The number of imide groups is 1. The van der Waals surface area contributed by atoms with Crippen LogP contribution in [-0.2, 0) is 14.4 Å². The molecule has 0 aromatic heterocycles. The number of non-ortho nitro benzene ring substituents is 1. The zero-order valence-corrected chi connectivity index (χ0v) is 13.1. The smallest absolute Gasteiger partial charge is 0.269 e. The number of carbonyl (C=O) groups excluding carboxylic acids is 3. The van der Waals surface area contributed by atoms with Crippen LogP contribution in [0.15, 0.2) is 36.4 Å². The summed E-state index contributed by atoms with van der Waals surface area (Å²) in [4.78, 5) is 48.3. The van der Waals surface area contributed by atoms with Crippen molar-refractivity contribution in [2.24, 2.45) is 23.7 Å². The number of nitrogens with zero attached hydrogens (tertiary/aromatic N) is 2. The topological polar surface area (TPSA) is 110 Å². The number of benzene rings is 1. The molecule has 2 fully saturated rings. The molecule has 3 aliphatic rings. The van der Waals surface area contributed by atoms with Crippen molar-refractivity contribution in [3.63, 3.8) is 0 Å². The van der Waals surface area contributed by atoms with Gasteiger partial charge in [-0.3, -0.25) is 29.4 Å². The minimum absolute atomic E-state index is 0.0845. The van der Waals surface area contributed by atoms with Crippen molar-refractivity contribution < 1.29 is 19.3 Å². The quantitative estimate of drug-likeness (QED) is 0.385. The van der Waals surface area contributed by atoms with E-state index in [-0.39, 0.29) is 47.7 Å². The van der Waals surface area contributed by atoms with Gasteiger partial charge in [0.2, 0.25) is 17.7 Å². The van der Waals surface area contributed by atoms with E-state index < -0.39 is 10.8 Å². The summed E-state index contributed by atoms with van der Waals surface area (Å²) in [5.41, 5.74) is 0.287. The Morgan fingerprint density at radius 1 is 1.12 bits per heavy atom. The average molecular weight is 341 g/mol. The Hall–Kier alpha value is -3.03. The van der Waals surface area contributed by atoms with Gasteiger partial charge in [0.25, 0.3) is 5.69 Å². The van der Waals surface area contributed by atoms with Gasteiger partial charge in [0, 0.05) is 17.8 Å². The van der Waals surface area contributed by atoms with Crippen LogP contribution in [-0.4, -0.2) is 34.1 Å². The van der Waals surface area contributed by atoms with Gasteiger partial charge in [-0.15, -0.1) is 0 Å². The molecule has 0 spiro atoms. The van der Waals surface area contributed by atoms with Crippen LogP contribution in [0.3, 0.4) is 0 Å². The van der Waals surface area contributed by atoms with Gasteiger partial charge < -0.3 is 5.32 Å². The predicted octanol–water partition coefficient (Wildman–Crippen LogP) is 1.34. The SMILES string of the molecule is O=C(CN1C(=O)[C@@H]2[C@H](C1=O)[C@@H]1C=C[C@H]2C1)Nc1ccc([N+](=O)[O-])cc1. The highest BCUT2D eigenvalue weighted by Crippen LogP contribution is 2.52. The molecule has 8 heteroatoms. The molecule has 0 unspecified atom stereocenters. The molecule has 1 aromatic rings. The fourth-order valence-electron chi connectivity index (χ4n) is 4.13. The van der Waals surface area contributed by atoms with Crippen molar-refractivity contribution >= 4 is 29.1 Å². The molecular weight excluding hydrogens is 326 g/mol. The summed E-state index contributed by atoms with van der Waals surface area (Å²) in [6.07, 6.45) is 4.84. The van der Waals surface area contributed by atoms with Crippen molar-refractivity contribution in [2.45, 2.75) is 6.42 Å². The Morgan fingerprint density at radius 2 is 1.68 bits per heavy atom. The number of allylic oxidation sites excluding steroid dienone is 2. The molecule has 4 rings (SSSR count). The van der Waals surface area contributed by atoms with Crippen molar-refractivity contribution in [3.8, 4) is 0 Å². The second-order valence-electron chi connectivity index (χ2n) is 6.61. The van der Waals surface area contributed by atoms with Gasteiger partial charge in [-0.25, -0.2) is 0 Å². The number of fused-ring (bicyclic) bond motifs is 5. The number of nitro benzene ring substituents is 1. The second-order valence-corrected chi connectivity index (χ2v) is 6.61. The molecule has 4 atom stereocenters. The highest BCUT2D eigenvalue weighted by molar-refractivity contribution is 6.09. The van der Waals surface area contributed by atoms with Crippen LogP contribution in [0, 0.1) is 33.8 Å². The van der Waals surface area contributed by atoms with Crippen molar-refractivity contribution in [1.82, 2.24) is 4.90 Å². The van der Waals surface area contributed by atoms with Crippen LogP contribution >= 0.6 is 0 Å². The molecule has 8 nitrogen and oxygen atoms in total. The molecule has 1 N–H and O–H groups in total. The van der Waals surface area contributed by atoms with Crippen LogP contribution in [0.5, 0.6) is 0 Å². The maximum Gasteiger partial charge on any atom is 0.269 e. The lowest BCUT2D eigenvalue weighted by atomic mass is 9.85. The van der Waals surface area contributed by atoms with E-state index in [0.717, 1.165) is 11.3 Å². The van der Waals surface area contributed by atoms with Crippen LogP contribution < -0.4 is 5.32 Å². The Morgan fingerprint density at radius 3 is 2.20 bits per heavy atom. The normalized spacial score (nSPS) is 29.2. The van der Waals surface area contributed by atoms with Gasteiger partial charge in [0.05, 0.1) is 16.8 Å². The van der Waals surface area contributed by atoms with Crippen molar-refractivity contribution in [2.75, 3.05) is 11.9 Å². The number of hydrogen-bond acceptors (Lipinski definition) is 5. The van der Waals surface area contributed by atoms with Crippen LogP contribution in [0.2, 0.25) is 0 Å². The van der Waals surface area contributed by atoms with Gasteiger partial charge in [-0.05, 0) is 30.4 Å². The number of anilines is 1. The molecule has 128 valence electrons. The third-order valence-corrected chi connectivity index (χ3v) is 5.23. The Kier molecular flexibility index (Phi) is 3.41. The molecule has 25 heavy (non-hydrogen) atoms. The van der Waals surface area contributed by atoms with E-state index in [1.807, 2.05) is 12.2 Å². The third kappa shape index (κ3) is 2.41. The number of amides is 3. The molecule has 1 saturated heterocycles. The molecule has 0 radical (unpaired) electrons. The Labute approximate surface area is 142 Å². The number of hydrogen-bond donors (Lipinski definition) is 1. The zero-order valence-electron chi connectivity index (χ0n) is 13.1. The summed E-state index contributed by atoms with van der Waals surface area (Å²) in [5.74, 6) is -1.49. The van der Waals surface area contributed by atoms with Crippen molar-refractivity contribution in [1.29, 1.82) is 0 Å². The van der Waals surface area contributed by atoms with E-state index in [0.29, 0.717) is 5.69 Å². The minimum Gasteiger partial charge on any atom is -0.325 e. The van der Waals surface area contributed by atoms with Crippen LogP contribution in [0.4, 0.5) is 11.4 Å². The summed E-state index contributed by atoms with van der Waals surface area (Å²) < 4.78 is 0. The van der Waals surface area contributed by atoms with Crippen molar-refractivity contribution in [3.05, 3.63) is 46.5 Å². The Bertz CT molecular complexity index is 786. The lowest BCUT2D eigenvalue weighted by Gasteiger charge is -2.16. The molecule has 2 bridgehead atoms. The zero-order chi connectivity index (χ0) is 17.7. The molecule has 1 heterocycles. The summed E-state index contributed by atoms with van der Waals surface area (Å²) >= 11 is 0. The number of nitro groups is 1. The first-order chi connectivity index (χ1) is 12.0. The minimum atomic E-state index is -0.533. The van der Waals surface area contributed by atoms with E-state index in [4.69, 9.17) is 0 Å². The largest absolute Gasteiger partial charge is 0.325 e. The van der Waals surface area contributed by atoms with E-state index in [1.165, 1.54) is 24.3 Å². The van der Waals surface area contributed by atoms with E-state index in [1.54, 1.807) is 0 Å². The first-order valence-electron chi connectivity index (χ1n) is 8.03. The van der Waals surface area contributed by atoms with E-state index >= 15 is 0 Å². The second kappa shape index (κ2) is 5.51. The molecular formula is C17H15N3O5. The standard InChI is InChI=1S/C17H15N3O5/c21-13(18-11-3-5-12(6-4-11)20(24)25)8-19-16(22)14-9-1-2-10(7-9)15(14)17(19)23/h1-6,9-10,14-15H,7-8H2,(H,18,21)/t9-,10+,14-,15+. The molecule has 1 aromatic carbocycles. The van der Waals surface area contributed by atoms with E-state index in [2.05, 4.69) is 5.32 Å². The van der Waals surface area contributed by atoms with Gasteiger partial charge in [0.15, 0.2) is 0 Å². The maximum atomic E-state index is 12.5. The first-order valence-corrected chi connectivity index (χ1v) is 8.03. The lowest BCUT2D eigenvalue weighted by molar-refractivity contribution is -0.384. The summed E-state index contributed by atoms with van der Waals surface area (Å²) in [5, 5.41) is 13.2. The lowest BCUT2D eigenvalue weighted by Crippen LogP contribution is -2.39. The highest BCUT2D eigenvalue weighted by atomic mass is 16.6. The number of nitrogens with one attached hydrogen (secondary N) is 1. The number of carbonyl (C=O) groups is 3. The van der Waals surface area contributed by atoms with Gasteiger partial charge in [-0.2, -0.15) is 0 Å². The summed E-state index contributed by atoms with van der Waals surface area (Å²) in [6.45, 7) is -0.332. The summed E-state index contributed by atoms with van der Waals surface area (Å²) in [6, 6.07) is 5.36. The van der Waals surface area contributed by atoms with Crippen LogP contribution in [0.1, 0.15) is 6.42 Å². The molecule has 1 aliphatic heterocycles. The fraction of sp³-hybridized carbons (Fsp3) is 0.353. The van der Waals surface area contributed by atoms with Gasteiger partial charge in [-0.1, -0.05) is 12.2 Å². The molecule has 3 amide bonds. The van der Waals surface area contributed by atoms with Gasteiger partial charge in [0.1, 0.15) is 6.54 Å². The van der Waals surface area contributed by atoms with E-state index in [9.17, 15) is 24.5 Å². The molecule has 1 saturated carbocycles. The average Bonchev–Trinajstić information content (AvgIpc) is 3.25. The summed E-state index contributed by atoms with van der Waals surface area (Å²) in [7, 11) is 0. The third-order valence-electron chi connectivity index (χ3n) is 5.23. The maximum absolute atomic E-state index is 12.5. The highest BCUT2D eigenvalue weighted by Gasteiger charge is 2.59. The predicted molar refractivity (Wildman–Crippen MR) is 86.2 cm³/mol. The monoisotopic (exact) mass is 341 g/mol.